The maximum Gasteiger partial charge on any atom is 0.226 e. The highest BCUT2D eigenvalue weighted by Crippen LogP contribution is 2.26. The van der Waals surface area contributed by atoms with Gasteiger partial charge in [0.15, 0.2) is 16.8 Å². The van der Waals surface area contributed by atoms with Crippen LogP contribution in [0.25, 0.3) is 11.4 Å². The summed E-state index contributed by atoms with van der Waals surface area (Å²) in [5, 5.41) is 12.6. The van der Waals surface area contributed by atoms with E-state index >= 15 is 0 Å². The lowest BCUT2D eigenvalue weighted by Crippen LogP contribution is -2.17. The van der Waals surface area contributed by atoms with Crippen molar-refractivity contribution in [3.8, 4) is 11.4 Å². The van der Waals surface area contributed by atoms with Crippen LogP contribution >= 0.6 is 23.4 Å². The van der Waals surface area contributed by atoms with Crippen molar-refractivity contribution in [1.29, 1.82) is 0 Å². The van der Waals surface area contributed by atoms with Gasteiger partial charge in [-0.25, -0.2) is 0 Å². The van der Waals surface area contributed by atoms with Gasteiger partial charge in [0.05, 0.1) is 5.75 Å². The average molecular weight is 455 g/mol. The maximum absolute atomic E-state index is 12.6. The molecule has 0 bridgehead atoms. The molecule has 0 unspecified atom stereocenters. The van der Waals surface area contributed by atoms with Crippen molar-refractivity contribution in [2.24, 2.45) is 5.92 Å². The molecule has 0 radical (unpaired) electrons. The molecule has 0 saturated heterocycles. The summed E-state index contributed by atoms with van der Waals surface area (Å²) in [5.41, 5.74) is 2.12. The van der Waals surface area contributed by atoms with Crippen LogP contribution in [-0.4, -0.2) is 32.2 Å². The largest absolute Gasteiger partial charge is 0.326 e. The van der Waals surface area contributed by atoms with E-state index in [1.54, 1.807) is 42.5 Å². The molecule has 2 aromatic carbocycles. The van der Waals surface area contributed by atoms with Crippen LogP contribution in [0.5, 0.6) is 0 Å². The van der Waals surface area contributed by atoms with Gasteiger partial charge in [-0.1, -0.05) is 43.3 Å². The number of hydrogen-bond acceptors (Lipinski definition) is 5. The Hall–Kier alpha value is -2.90. The predicted molar refractivity (Wildman–Crippen MR) is 126 cm³/mol. The van der Waals surface area contributed by atoms with E-state index in [0.717, 1.165) is 5.56 Å². The minimum atomic E-state index is -0.108. The Labute approximate surface area is 190 Å². The van der Waals surface area contributed by atoms with Gasteiger partial charge in [0, 0.05) is 34.3 Å². The molecular formula is C23H23ClN4O2S. The molecule has 0 aliphatic heterocycles. The zero-order valence-electron chi connectivity index (χ0n) is 17.3. The quantitative estimate of drug-likeness (QED) is 0.268. The van der Waals surface area contributed by atoms with Gasteiger partial charge in [-0.3, -0.25) is 14.2 Å². The van der Waals surface area contributed by atoms with Crippen LogP contribution in [0.4, 0.5) is 5.69 Å². The normalized spacial score (nSPS) is 10.8. The Morgan fingerprint density at radius 3 is 2.42 bits per heavy atom. The van der Waals surface area contributed by atoms with Crippen LogP contribution in [0.15, 0.2) is 66.3 Å². The molecule has 0 spiro atoms. The number of anilines is 1. The molecule has 0 aliphatic carbocycles. The number of thioether (sulfide) groups is 1. The summed E-state index contributed by atoms with van der Waals surface area (Å²) in [6, 6.07) is 14.3. The molecule has 8 heteroatoms. The fourth-order valence-corrected chi connectivity index (χ4v) is 3.71. The molecule has 0 atom stereocenters. The van der Waals surface area contributed by atoms with Crippen LogP contribution in [0.1, 0.15) is 24.2 Å². The van der Waals surface area contributed by atoms with E-state index in [2.05, 4.69) is 22.1 Å². The molecule has 6 nitrogen and oxygen atoms in total. The minimum Gasteiger partial charge on any atom is -0.326 e. The molecule has 1 amide bonds. The van der Waals surface area contributed by atoms with E-state index in [4.69, 9.17) is 11.6 Å². The number of rotatable bonds is 9. The Balaban J connectivity index is 1.69. The van der Waals surface area contributed by atoms with Gasteiger partial charge in [0.2, 0.25) is 5.91 Å². The number of carbonyl (C=O) groups is 2. The topological polar surface area (TPSA) is 76.9 Å². The van der Waals surface area contributed by atoms with E-state index in [9.17, 15) is 9.59 Å². The monoisotopic (exact) mass is 454 g/mol. The standard InChI is InChI=1S/C23H23ClN4O2S/c1-4-13-28-21(17-5-9-18(24)10-6-17)26-27-23(28)31-14-20(29)16-7-11-19(12-8-16)25-22(30)15(2)3/h4-12,15H,1,13-14H2,2-3H3,(H,25,30). The van der Waals surface area contributed by atoms with E-state index in [-0.39, 0.29) is 23.4 Å². The van der Waals surface area contributed by atoms with E-state index in [1.807, 2.05) is 30.5 Å². The Kier molecular flexibility index (Phi) is 7.65. The van der Waals surface area contributed by atoms with Crippen molar-refractivity contribution in [3.05, 3.63) is 71.8 Å². The molecule has 0 fully saturated rings. The lowest BCUT2D eigenvalue weighted by Gasteiger charge is -2.09. The molecule has 0 saturated carbocycles. The van der Waals surface area contributed by atoms with Crippen molar-refractivity contribution in [2.75, 3.05) is 11.1 Å². The Morgan fingerprint density at radius 1 is 1.13 bits per heavy atom. The molecule has 0 aliphatic rings. The summed E-state index contributed by atoms with van der Waals surface area (Å²) >= 11 is 7.30. The average Bonchev–Trinajstić information content (AvgIpc) is 3.16. The van der Waals surface area contributed by atoms with Crippen LogP contribution in [0.2, 0.25) is 5.02 Å². The Morgan fingerprint density at radius 2 is 1.81 bits per heavy atom. The van der Waals surface area contributed by atoms with Gasteiger partial charge in [-0.05, 0) is 48.5 Å². The Bertz CT molecular complexity index is 1080. The molecule has 31 heavy (non-hydrogen) atoms. The number of ketones is 1. The van der Waals surface area contributed by atoms with Gasteiger partial charge in [-0.15, -0.1) is 16.8 Å². The SMILES string of the molecule is C=CCn1c(SCC(=O)c2ccc(NC(=O)C(C)C)cc2)nnc1-c1ccc(Cl)cc1. The zero-order chi connectivity index (χ0) is 22.4. The second-order valence-corrected chi connectivity index (χ2v) is 8.52. The van der Waals surface area contributed by atoms with E-state index < -0.39 is 0 Å². The van der Waals surface area contributed by atoms with Crippen LogP contribution < -0.4 is 5.32 Å². The number of hydrogen-bond donors (Lipinski definition) is 1. The van der Waals surface area contributed by atoms with Crippen molar-refractivity contribution in [1.82, 2.24) is 14.8 Å². The number of halogens is 1. The molecule has 1 aromatic heterocycles. The van der Waals surface area contributed by atoms with Crippen LogP contribution in [0, 0.1) is 5.92 Å². The van der Waals surface area contributed by atoms with Gasteiger partial charge >= 0.3 is 0 Å². The number of amides is 1. The first-order chi connectivity index (χ1) is 14.9. The minimum absolute atomic E-state index is 0.0343. The summed E-state index contributed by atoms with van der Waals surface area (Å²) in [4.78, 5) is 24.4. The summed E-state index contributed by atoms with van der Waals surface area (Å²) in [6.45, 7) is 7.98. The highest BCUT2D eigenvalue weighted by Gasteiger charge is 2.16. The van der Waals surface area contributed by atoms with Gasteiger partial charge < -0.3 is 5.32 Å². The lowest BCUT2D eigenvalue weighted by atomic mass is 10.1. The molecule has 1 heterocycles. The highest BCUT2D eigenvalue weighted by atomic mass is 35.5. The van der Waals surface area contributed by atoms with Crippen molar-refractivity contribution >= 4 is 40.7 Å². The van der Waals surface area contributed by atoms with Crippen molar-refractivity contribution in [2.45, 2.75) is 25.5 Å². The second-order valence-electron chi connectivity index (χ2n) is 7.15. The number of benzene rings is 2. The summed E-state index contributed by atoms with van der Waals surface area (Å²) in [5.74, 6) is 0.703. The number of nitrogens with one attached hydrogen (secondary N) is 1. The summed E-state index contributed by atoms with van der Waals surface area (Å²) in [6.07, 6.45) is 1.76. The van der Waals surface area contributed by atoms with Crippen LogP contribution in [0.3, 0.4) is 0 Å². The highest BCUT2D eigenvalue weighted by molar-refractivity contribution is 7.99. The number of nitrogens with zero attached hydrogens (tertiary/aromatic N) is 3. The first-order valence-corrected chi connectivity index (χ1v) is 11.1. The molecule has 3 aromatic rings. The molecule has 160 valence electrons. The third-order valence-electron chi connectivity index (χ3n) is 4.46. The fraction of sp³-hybridized carbons (Fsp3) is 0.217. The first kappa shape index (κ1) is 22.8. The molecular weight excluding hydrogens is 432 g/mol. The maximum atomic E-state index is 12.6. The summed E-state index contributed by atoms with van der Waals surface area (Å²) < 4.78 is 1.92. The number of Topliss-reactive ketones (excluding diaryl/α,β-unsaturated/α-hetero) is 1. The zero-order valence-corrected chi connectivity index (χ0v) is 18.9. The summed E-state index contributed by atoms with van der Waals surface area (Å²) in [7, 11) is 0. The van der Waals surface area contributed by atoms with Gasteiger partial charge in [-0.2, -0.15) is 0 Å². The van der Waals surface area contributed by atoms with Crippen molar-refractivity contribution in [3.63, 3.8) is 0 Å². The molecule has 1 N–H and O–H groups in total. The van der Waals surface area contributed by atoms with Gasteiger partial charge in [0.1, 0.15) is 0 Å². The number of allylic oxidation sites excluding steroid dienone is 1. The van der Waals surface area contributed by atoms with E-state index in [1.165, 1.54) is 11.8 Å². The first-order valence-electron chi connectivity index (χ1n) is 9.76. The molecule has 3 rings (SSSR count). The smallest absolute Gasteiger partial charge is 0.226 e. The van der Waals surface area contributed by atoms with Crippen molar-refractivity contribution < 1.29 is 9.59 Å². The van der Waals surface area contributed by atoms with E-state index in [0.29, 0.717) is 33.8 Å². The van der Waals surface area contributed by atoms with Crippen LogP contribution in [-0.2, 0) is 11.3 Å². The van der Waals surface area contributed by atoms with Gasteiger partial charge in [0.25, 0.3) is 0 Å². The lowest BCUT2D eigenvalue weighted by molar-refractivity contribution is -0.118. The fourth-order valence-electron chi connectivity index (χ4n) is 2.74. The third kappa shape index (κ3) is 5.83. The number of carbonyl (C=O) groups excluding carboxylic acids is 2. The third-order valence-corrected chi connectivity index (χ3v) is 5.68. The number of aromatic nitrogens is 3. The second kappa shape index (κ2) is 10.4. The predicted octanol–water partition coefficient (Wildman–Crippen LogP) is 5.35.